The number of aliphatic hydroxyl groups is 2. The van der Waals surface area contributed by atoms with Crippen LogP contribution in [0.5, 0.6) is 0 Å². The molecular formula is C5H8N2O8. The SMILES string of the molecule is CC(=O)OC(C(O)CO)([N+](=O)[O-])[N+](=O)[O-]. The van der Waals surface area contributed by atoms with E-state index in [-0.39, 0.29) is 0 Å². The van der Waals surface area contributed by atoms with E-state index in [1.807, 2.05) is 0 Å². The summed E-state index contributed by atoms with van der Waals surface area (Å²) >= 11 is 0. The van der Waals surface area contributed by atoms with Crippen LogP contribution in [-0.4, -0.2) is 44.6 Å². The van der Waals surface area contributed by atoms with E-state index in [0.717, 1.165) is 0 Å². The molecule has 0 radical (unpaired) electrons. The van der Waals surface area contributed by atoms with Crippen molar-refractivity contribution in [3.8, 4) is 0 Å². The molecule has 1 unspecified atom stereocenters. The first kappa shape index (κ1) is 13.2. The van der Waals surface area contributed by atoms with Crippen LogP contribution >= 0.6 is 0 Å². The Bertz CT molecular complexity index is 275. The quantitative estimate of drug-likeness (QED) is 0.238. The van der Waals surface area contributed by atoms with Crippen molar-refractivity contribution in [3.05, 3.63) is 20.2 Å². The van der Waals surface area contributed by atoms with Gasteiger partial charge in [0, 0.05) is 6.92 Å². The van der Waals surface area contributed by atoms with Crippen molar-refractivity contribution in [2.24, 2.45) is 0 Å². The van der Waals surface area contributed by atoms with E-state index < -0.39 is 34.4 Å². The first-order valence-corrected chi connectivity index (χ1v) is 3.56. The van der Waals surface area contributed by atoms with Crippen molar-refractivity contribution in [2.75, 3.05) is 6.61 Å². The van der Waals surface area contributed by atoms with E-state index in [9.17, 15) is 25.0 Å². The smallest absolute Gasteiger partial charge is 0.393 e. The summed E-state index contributed by atoms with van der Waals surface area (Å²) < 4.78 is 3.87. The standard InChI is InChI=1S/C5H8N2O8/c1-3(9)15-5(6(11)12,7(13)14)4(10)2-8/h4,8,10H,2H2,1H3. The van der Waals surface area contributed by atoms with Crippen molar-refractivity contribution < 1.29 is 29.6 Å². The molecule has 2 N–H and O–H groups in total. The predicted molar refractivity (Wildman–Crippen MR) is 41.6 cm³/mol. The van der Waals surface area contributed by atoms with Crippen LogP contribution in [0.2, 0.25) is 0 Å². The summed E-state index contributed by atoms with van der Waals surface area (Å²) in [6.07, 6.45) is -2.45. The Morgan fingerprint density at radius 3 is 2.07 bits per heavy atom. The van der Waals surface area contributed by atoms with Crippen LogP contribution in [0.15, 0.2) is 0 Å². The van der Waals surface area contributed by atoms with E-state index in [2.05, 4.69) is 4.74 Å². The Kier molecular flexibility index (Phi) is 4.06. The van der Waals surface area contributed by atoms with Gasteiger partial charge in [-0.25, -0.2) is 0 Å². The minimum absolute atomic E-state index is 0.700. The van der Waals surface area contributed by atoms with E-state index >= 15 is 0 Å². The van der Waals surface area contributed by atoms with Crippen LogP contribution in [0, 0.1) is 20.2 Å². The van der Waals surface area contributed by atoms with Crippen molar-refractivity contribution >= 4 is 5.97 Å². The lowest BCUT2D eigenvalue weighted by Crippen LogP contribution is -2.59. The van der Waals surface area contributed by atoms with Crippen molar-refractivity contribution in [1.29, 1.82) is 0 Å². The minimum Gasteiger partial charge on any atom is -0.393 e. The van der Waals surface area contributed by atoms with Gasteiger partial charge in [-0.05, 0) is 0 Å². The van der Waals surface area contributed by atoms with Crippen LogP contribution in [0.1, 0.15) is 6.92 Å². The molecule has 0 aromatic rings. The number of hydrogen-bond acceptors (Lipinski definition) is 8. The first-order valence-electron chi connectivity index (χ1n) is 3.56. The predicted octanol–water partition coefficient (Wildman–Crippen LogP) is -1.89. The second kappa shape index (κ2) is 4.61. The molecule has 86 valence electrons. The fraction of sp³-hybridized carbons (Fsp3) is 0.800. The zero-order valence-corrected chi connectivity index (χ0v) is 7.52. The zero-order chi connectivity index (χ0) is 12.2. The van der Waals surface area contributed by atoms with Crippen molar-refractivity contribution in [2.45, 2.75) is 18.9 Å². The lowest BCUT2D eigenvalue weighted by atomic mass is 10.2. The zero-order valence-electron chi connectivity index (χ0n) is 7.52. The molecule has 0 saturated heterocycles. The number of esters is 1. The summed E-state index contributed by atoms with van der Waals surface area (Å²) in [5, 5.41) is 38.2. The van der Waals surface area contributed by atoms with Gasteiger partial charge in [0.25, 0.3) is 6.10 Å². The number of carbonyl (C=O) groups excluding carboxylic acids is 1. The van der Waals surface area contributed by atoms with E-state index in [1.54, 1.807) is 0 Å². The molecule has 0 rings (SSSR count). The third-order valence-corrected chi connectivity index (χ3v) is 1.42. The average Bonchev–Trinajstić information content (AvgIpc) is 2.11. The van der Waals surface area contributed by atoms with Gasteiger partial charge in [-0.1, -0.05) is 0 Å². The van der Waals surface area contributed by atoms with Gasteiger partial charge < -0.3 is 14.9 Å². The molecule has 0 aliphatic carbocycles. The lowest BCUT2D eigenvalue weighted by Gasteiger charge is -2.18. The fourth-order valence-electron chi connectivity index (χ4n) is 0.783. The van der Waals surface area contributed by atoms with Gasteiger partial charge in [0.05, 0.1) is 6.61 Å². The second-order valence-corrected chi connectivity index (χ2v) is 2.46. The highest BCUT2D eigenvalue weighted by molar-refractivity contribution is 5.66. The maximum Gasteiger partial charge on any atom is 0.650 e. The Morgan fingerprint density at radius 2 is 1.87 bits per heavy atom. The van der Waals surface area contributed by atoms with Gasteiger partial charge in [-0.3, -0.25) is 25.0 Å². The molecule has 0 fully saturated rings. The van der Waals surface area contributed by atoms with Crippen molar-refractivity contribution in [3.63, 3.8) is 0 Å². The Morgan fingerprint density at radius 1 is 1.47 bits per heavy atom. The number of hydrogen-bond donors (Lipinski definition) is 2. The number of aliphatic hydroxyl groups excluding tert-OH is 2. The Balaban J connectivity index is 5.36. The maximum atomic E-state index is 10.5. The molecule has 0 amide bonds. The summed E-state index contributed by atoms with van der Waals surface area (Å²) in [6.45, 7) is -0.596. The van der Waals surface area contributed by atoms with E-state index in [0.29, 0.717) is 6.92 Å². The van der Waals surface area contributed by atoms with Gasteiger partial charge in [-0.15, -0.1) is 0 Å². The van der Waals surface area contributed by atoms with Crippen molar-refractivity contribution in [1.82, 2.24) is 0 Å². The molecule has 0 saturated carbocycles. The van der Waals surface area contributed by atoms with Gasteiger partial charge in [-0.2, -0.15) is 0 Å². The number of carbonyl (C=O) groups is 1. The highest BCUT2D eigenvalue weighted by atomic mass is 16.8. The molecule has 0 aliphatic heterocycles. The van der Waals surface area contributed by atoms with Crippen LogP contribution < -0.4 is 0 Å². The molecule has 10 nitrogen and oxygen atoms in total. The molecular weight excluding hydrogens is 216 g/mol. The number of rotatable bonds is 5. The van der Waals surface area contributed by atoms with Crippen LogP contribution in [0.25, 0.3) is 0 Å². The largest absolute Gasteiger partial charge is 0.650 e. The summed E-state index contributed by atoms with van der Waals surface area (Å²) in [7, 11) is 0. The number of nitro groups is 2. The number of nitrogens with zero attached hydrogens (tertiary/aromatic N) is 2. The first-order chi connectivity index (χ1) is 6.78. The monoisotopic (exact) mass is 224 g/mol. The molecule has 15 heavy (non-hydrogen) atoms. The molecule has 0 spiro atoms. The highest BCUT2D eigenvalue weighted by Gasteiger charge is 2.67. The normalized spacial score (nSPS) is 13.0. The summed E-state index contributed by atoms with van der Waals surface area (Å²) in [6, 6.07) is 0. The minimum atomic E-state index is -3.57. The molecule has 0 heterocycles. The molecule has 0 aliphatic rings. The summed E-state index contributed by atoms with van der Waals surface area (Å²) in [5.74, 6) is -4.89. The van der Waals surface area contributed by atoms with Crippen LogP contribution in [0.4, 0.5) is 0 Å². The van der Waals surface area contributed by atoms with E-state index in [4.69, 9.17) is 10.2 Å². The van der Waals surface area contributed by atoms with Crippen LogP contribution in [-0.2, 0) is 9.53 Å². The van der Waals surface area contributed by atoms with Gasteiger partial charge in [0.2, 0.25) is 0 Å². The Labute approximate surface area is 82.4 Å². The van der Waals surface area contributed by atoms with Gasteiger partial charge in [0.15, 0.2) is 0 Å². The van der Waals surface area contributed by atoms with Crippen LogP contribution in [0.3, 0.4) is 0 Å². The number of ether oxygens (including phenoxy) is 1. The second-order valence-electron chi connectivity index (χ2n) is 2.46. The summed E-state index contributed by atoms with van der Waals surface area (Å²) in [5.41, 5.74) is 0. The topological polar surface area (TPSA) is 153 Å². The third-order valence-electron chi connectivity index (χ3n) is 1.42. The summed E-state index contributed by atoms with van der Waals surface area (Å²) in [4.78, 5) is 28.1. The maximum absolute atomic E-state index is 10.5. The molecule has 1 atom stereocenters. The molecule has 10 heteroatoms. The molecule has 0 aromatic heterocycles. The van der Waals surface area contributed by atoms with Gasteiger partial charge in [0.1, 0.15) is 9.85 Å². The molecule has 0 bridgehead atoms. The average molecular weight is 224 g/mol. The lowest BCUT2D eigenvalue weighted by molar-refractivity contribution is -0.853. The van der Waals surface area contributed by atoms with Gasteiger partial charge >= 0.3 is 11.8 Å². The fourth-order valence-corrected chi connectivity index (χ4v) is 0.783. The third kappa shape index (κ3) is 2.35. The highest BCUT2D eigenvalue weighted by Crippen LogP contribution is 2.18. The van der Waals surface area contributed by atoms with E-state index in [1.165, 1.54) is 0 Å². The molecule has 0 aromatic carbocycles. The Hall–Kier alpha value is -1.81.